The molecule has 0 unspecified atom stereocenters. The zero-order chi connectivity index (χ0) is 18.8. The van der Waals surface area contributed by atoms with E-state index in [0.717, 1.165) is 22.6 Å². The number of aromatic nitrogens is 3. The minimum absolute atomic E-state index is 0.0129. The van der Waals surface area contributed by atoms with Crippen LogP contribution in [0.2, 0.25) is 0 Å². The zero-order valence-electron chi connectivity index (χ0n) is 14.9. The Morgan fingerprint density at radius 1 is 1.04 bits per heavy atom. The molecule has 0 bridgehead atoms. The number of carbonyl (C=O) groups is 1. The van der Waals surface area contributed by atoms with Crippen LogP contribution in [0.5, 0.6) is 11.5 Å². The molecule has 3 aromatic rings. The van der Waals surface area contributed by atoms with Crippen LogP contribution in [0.25, 0.3) is 11.4 Å². The smallest absolute Gasteiger partial charge is 0.252 e. The van der Waals surface area contributed by atoms with E-state index in [0.29, 0.717) is 17.5 Å². The Hall–Kier alpha value is -3.00. The van der Waals surface area contributed by atoms with Gasteiger partial charge in [-0.15, -0.1) is 16.9 Å². The first kappa shape index (κ1) is 17.4. The summed E-state index contributed by atoms with van der Waals surface area (Å²) in [5, 5.41) is 7.03. The number of rotatable bonds is 5. The molecular weight excluding hydrogens is 364 g/mol. The topological polar surface area (TPSA) is 80.3 Å². The molecule has 1 aliphatic rings. The highest BCUT2D eigenvalue weighted by atomic mass is 32.2. The lowest BCUT2D eigenvalue weighted by atomic mass is 10.2. The van der Waals surface area contributed by atoms with Gasteiger partial charge in [0.25, 0.3) is 5.95 Å². The van der Waals surface area contributed by atoms with E-state index in [9.17, 15) is 4.79 Å². The predicted molar refractivity (Wildman–Crippen MR) is 104 cm³/mol. The third kappa shape index (κ3) is 3.35. The van der Waals surface area contributed by atoms with E-state index >= 15 is 0 Å². The van der Waals surface area contributed by atoms with Crippen LogP contribution in [0.4, 0.5) is 5.95 Å². The number of H-pyrrole nitrogens is 1. The molecule has 2 heterocycles. The molecule has 27 heavy (non-hydrogen) atoms. The highest BCUT2D eigenvalue weighted by molar-refractivity contribution is 8.00. The molecule has 1 saturated heterocycles. The molecule has 4 rings (SSSR count). The van der Waals surface area contributed by atoms with Gasteiger partial charge in [0.2, 0.25) is 5.91 Å². The average Bonchev–Trinajstić information content (AvgIpc) is 3.34. The maximum absolute atomic E-state index is 12.5. The van der Waals surface area contributed by atoms with E-state index in [1.807, 2.05) is 48.5 Å². The van der Waals surface area contributed by atoms with Gasteiger partial charge >= 0.3 is 0 Å². The van der Waals surface area contributed by atoms with Crippen molar-refractivity contribution in [3.8, 4) is 22.9 Å². The van der Waals surface area contributed by atoms with Gasteiger partial charge in [-0.1, -0.05) is 12.1 Å². The summed E-state index contributed by atoms with van der Waals surface area (Å²) in [7, 11) is 3.25. The Kier molecular flexibility index (Phi) is 4.72. The summed E-state index contributed by atoms with van der Waals surface area (Å²) in [4.78, 5) is 18.7. The van der Waals surface area contributed by atoms with E-state index in [1.165, 1.54) is 0 Å². The molecule has 8 heteroatoms. The van der Waals surface area contributed by atoms with Gasteiger partial charge in [-0.3, -0.25) is 14.8 Å². The third-order valence-electron chi connectivity index (χ3n) is 4.32. The second-order valence-corrected chi connectivity index (χ2v) is 6.98. The van der Waals surface area contributed by atoms with Crippen molar-refractivity contribution in [1.82, 2.24) is 15.2 Å². The molecule has 1 atom stereocenters. The lowest BCUT2D eigenvalue weighted by Crippen LogP contribution is -2.28. The normalized spacial score (nSPS) is 16.6. The van der Waals surface area contributed by atoms with Crippen LogP contribution < -0.4 is 14.4 Å². The standard InChI is InChI=1S/C19H18N4O3S/c1-25-14-7-3-12(4-8-14)17-20-19(22-21-17)23-16(24)11-27-18(23)13-5-9-15(26-2)10-6-13/h3-10,18H,11H2,1-2H3,(H,20,21,22)/t18-/m0/s1. The average molecular weight is 382 g/mol. The molecule has 1 amide bonds. The molecule has 1 aliphatic heterocycles. The van der Waals surface area contributed by atoms with Crippen LogP contribution in [-0.4, -0.2) is 41.1 Å². The number of anilines is 1. The van der Waals surface area contributed by atoms with Crippen LogP contribution in [0, 0.1) is 0 Å². The van der Waals surface area contributed by atoms with Crippen LogP contribution in [0.1, 0.15) is 10.9 Å². The maximum atomic E-state index is 12.5. The maximum Gasteiger partial charge on any atom is 0.252 e. The first-order valence-corrected chi connectivity index (χ1v) is 9.39. The second kappa shape index (κ2) is 7.32. The highest BCUT2D eigenvalue weighted by Crippen LogP contribution is 2.41. The first-order valence-electron chi connectivity index (χ1n) is 8.34. The number of ether oxygens (including phenoxy) is 2. The summed E-state index contributed by atoms with van der Waals surface area (Å²) in [6, 6.07) is 15.2. The molecule has 0 radical (unpaired) electrons. The number of nitrogens with one attached hydrogen (secondary N) is 1. The summed E-state index contributed by atoms with van der Waals surface area (Å²) in [6.45, 7) is 0. The minimum atomic E-state index is -0.164. The Morgan fingerprint density at radius 2 is 1.67 bits per heavy atom. The number of methoxy groups -OCH3 is 2. The van der Waals surface area contributed by atoms with Crippen LogP contribution in [0.15, 0.2) is 48.5 Å². The van der Waals surface area contributed by atoms with Crippen molar-refractivity contribution in [3.05, 3.63) is 54.1 Å². The summed E-state index contributed by atoms with van der Waals surface area (Å²) < 4.78 is 10.4. The van der Waals surface area contributed by atoms with Gasteiger partial charge in [-0.05, 0) is 42.0 Å². The monoisotopic (exact) mass is 382 g/mol. The molecule has 7 nitrogen and oxygen atoms in total. The fourth-order valence-corrected chi connectivity index (χ4v) is 4.04. The molecule has 0 aliphatic carbocycles. The van der Waals surface area contributed by atoms with Crippen molar-refractivity contribution < 1.29 is 14.3 Å². The lowest BCUT2D eigenvalue weighted by molar-refractivity contribution is -0.115. The molecule has 2 aromatic carbocycles. The third-order valence-corrected chi connectivity index (χ3v) is 5.53. The number of hydrogen-bond donors (Lipinski definition) is 1. The van der Waals surface area contributed by atoms with Crippen molar-refractivity contribution in [3.63, 3.8) is 0 Å². The predicted octanol–water partition coefficient (Wildman–Crippen LogP) is 3.27. The first-order chi connectivity index (χ1) is 13.2. The molecular formula is C19H18N4O3S. The van der Waals surface area contributed by atoms with Gasteiger partial charge in [0.1, 0.15) is 16.9 Å². The van der Waals surface area contributed by atoms with Crippen molar-refractivity contribution >= 4 is 23.6 Å². The molecule has 1 aromatic heterocycles. The van der Waals surface area contributed by atoms with Crippen molar-refractivity contribution in [2.24, 2.45) is 0 Å². The summed E-state index contributed by atoms with van der Waals surface area (Å²) in [5.41, 5.74) is 1.87. The fraction of sp³-hybridized carbons (Fsp3) is 0.211. The van der Waals surface area contributed by atoms with E-state index in [2.05, 4.69) is 15.2 Å². The largest absolute Gasteiger partial charge is 0.497 e. The van der Waals surface area contributed by atoms with E-state index < -0.39 is 0 Å². The Labute approximate surface area is 160 Å². The molecule has 138 valence electrons. The van der Waals surface area contributed by atoms with Gasteiger partial charge in [-0.2, -0.15) is 4.98 Å². The summed E-state index contributed by atoms with van der Waals surface area (Å²) in [5.74, 6) is 2.90. The Bertz CT molecular complexity index is 940. The van der Waals surface area contributed by atoms with Gasteiger partial charge in [-0.25, -0.2) is 0 Å². The van der Waals surface area contributed by atoms with Crippen LogP contribution in [-0.2, 0) is 4.79 Å². The SMILES string of the molecule is COc1ccc(-c2nc(N3C(=O)CS[C@H]3c3ccc(OC)cc3)n[nH]2)cc1. The number of nitrogens with zero attached hydrogens (tertiary/aromatic N) is 3. The van der Waals surface area contributed by atoms with Gasteiger partial charge < -0.3 is 9.47 Å². The highest BCUT2D eigenvalue weighted by Gasteiger charge is 2.36. The van der Waals surface area contributed by atoms with Crippen LogP contribution >= 0.6 is 11.8 Å². The van der Waals surface area contributed by atoms with E-state index in [-0.39, 0.29) is 11.3 Å². The van der Waals surface area contributed by atoms with Crippen molar-refractivity contribution in [2.75, 3.05) is 24.9 Å². The Morgan fingerprint density at radius 3 is 2.30 bits per heavy atom. The number of thioether (sulfide) groups is 1. The number of benzene rings is 2. The molecule has 0 saturated carbocycles. The second-order valence-electron chi connectivity index (χ2n) is 5.91. The van der Waals surface area contributed by atoms with Crippen LogP contribution in [0.3, 0.4) is 0 Å². The van der Waals surface area contributed by atoms with Gasteiger partial charge in [0, 0.05) is 5.56 Å². The van der Waals surface area contributed by atoms with E-state index in [1.54, 1.807) is 30.9 Å². The van der Waals surface area contributed by atoms with Gasteiger partial charge in [0.15, 0.2) is 5.82 Å². The Balaban J connectivity index is 1.62. The van der Waals surface area contributed by atoms with Crippen molar-refractivity contribution in [2.45, 2.75) is 5.37 Å². The van der Waals surface area contributed by atoms with E-state index in [4.69, 9.17) is 9.47 Å². The fourth-order valence-electron chi connectivity index (χ4n) is 2.89. The van der Waals surface area contributed by atoms with Crippen molar-refractivity contribution in [1.29, 1.82) is 0 Å². The number of aromatic amines is 1. The molecule has 1 fully saturated rings. The number of amides is 1. The lowest BCUT2D eigenvalue weighted by Gasteiger charge is -2.20. The number of carbonyl (C=O) groups excluding carboxylic acids is 1. The minimum Gasteiger partial charge on any atom is -0.497 e. The summed E-state index contributed by atoms with van der Waals surface area (Å²) in [6.07, 6.45) is 0. The molecule has 1 N–H and O–H groups in total. The molecule has 0 spiro atoms. The quantitative estimate of drug-likeness (QED) is 0.730. The number of hydrogen-bond acceptors (Lipinski definition) is 6. The summed E-state index contributed by atoms with van der Waals surface area (Å²) >= 11 is 1.56. The zero-order valence-corrected chi connectivity index (χ0v) is 15.7. The van der Waals surface area contributed by atoms with Gasteiger partial charge in [0.05, 0.1) is 20.0 Å².